The van der Waals surface area contributed by atoms with E-state index in [0.717, 1.165) is 28.5 Å². The van der Waals surface area contributed by atoms with E-state index in [0.29, 0.717) is 24.8 Å². The van der Waals surface area contributed by atoms with Crippen LogP contribution in [0.2, 0.25) is 0 Å². The molecule has 1 unspecified atom stereocenters. The first kappa shape index (κ1) is 23.2. The van der Waals surface area contributed by atoms with E-state index in [-0.39, 0.29) is 22.3 Å². The van der Waals surface area contributed by atoms with Gasteiger partial charge in [-0.2, -0.15) is 0 Å². The van der Waals surface area contributed by atoms with Crippen LogP contribution < -0.4 is 10.0 Å². The summed E-state index contributed by atoms with van der Waals surface area (Å²) >= 11 is 0. The van der Waals surface area contributed by atoms with Crippen molar-refractivity contribution in [1.82, 2.24) is 9.29 Å². The van der Waals surface area contributed by atoms with Crippen molar-refractivity contribution in [3.8, 4) is 0 Å². The minimum Gasteiger partial charge on any atom is -0.345 e. The average molecular weight is 495 g/mol. The fourth-order valence-corrected chi connectivity index (χ4v) is 6.32. The first-order valence-electron chi connectivity index (χ1n) is 11.2. The smallest absolute Gasteiger partial charge is 0.272 e. The number of amides is 1. The average Bonchev–Trinajstić information content (AvgIpc) is 3.11. The van der Waals surface area contributed by atoms with Crippen LogP contribution in [0.25, 0.3) is 10.8 Å². The third kappa shape index (κ3) is 4.56. The Kier molecular flexibility index (Phi) is 5.90. The van der Waals surface area contributed by atoms with Crippen LogP contribution in [0.1, 0.15) is 28.0 Å². The highest BCUT2D eigenvalue weighted by Crippen LogP contribution is 2.29. The normalized spacial score (nSPS) is 19.8. The van der Waals surface area contributed by atoms with Crippen molar-refractivity contribution in [2.24, 2.45) is 7.05 Å². The van der Waals surface area contributed by atoms with Crippen LogP contribution in [-0.4, -0.2) is 20.7 Å². The maximum atomic E-state index is 13.6. The molecule has 6 nitrogen and oxygen atoms in total. The number of fused-ring (bicyclic) bond motifs is 2. The molecule has 0 saturated carbocycles. The number of nitrogens with one attached hydrogen (secondary N) is 3. The molecule has 3 N–H and O–H groups in total. The number of rotatable bonds is 4. The van der Waals surface area contributed by atoms with Gasteiger partial charge in [0.1, 0.15) is 15.6 Å². The number of carbonyl (C=O) groups excluding carboxylic acids is 1. The highest BCUT2D eigenvalue weighted by molar-refractivity contribution is 7.90. The molecule has 0 bridgehead atoms. The summed E-state index contributed by atoms with van der Waals surface area (Å²) in [6.45, 7) is 0. The third-order valence-corrected chi connectivity index (χ3v) is 7.96. The lowest BCUT2D eigenvalue weighted by molar-refractivity contribution is 0.101. The molecule has 0 radical (unpaired) electrons. The lowest BCUT2D eigenvalue weighted by Crippen LogP contribution is -2.34. The maximum absolute atomic E-state index is 13.6. The lowest BCUT2D eigenvalue weighted by Gasteiger charge is -2.17. The fraction of sp³-hybridized carbons (Fsp3) is 0.192. The van der Waals surface area contributed by atoms with Gasteiger partial charge in [-0.1, -0.05) is 42.5 Å². The highest BCUT2D eigenvalue weighted by atomic mass is 32.2. The molecule has 3 aromatic carbocycles. The van der Waals surface area contributed by atoms with E-state index in [1.807, 2.05) is 30.3 Å². The maximum Gasteiger partial charge on any atom is 0.272 e. The summed E-state index contributed by atoms with van der Waals surface area (Å²) in [6, 6.07) is 17.1. The van der Waals surface area contributed by atoms with Crippen LogP contribution in [0.15, 0.2) is 71.8 Å². The Balaban J connectivity index is 1.40. The number of aryl methyl sites for hydroxylation is 1. The predicted octanol–water partition coefficient (Wildman–Crippen LogP) is 5.18. The van der Waals surface area contributed by atoms with Crippen molar-refractivity contribution in [2.45, 2.75) is 30.2 Å². The van der Waals surface area contributed by atoms with Crippen molar-refractivity contribution in [3.05, 3.63) is 95.3 Å². The summed E-state index contributed by atoms with van der Waals surface area (Å²) < 4.78 is 53.4. The van der Waals surface area contributed by atoms with Gasteiger partial charge >= 0.3 is 0 Å². The van der Waals surface area contributed by atoms with Gasteiger partial charge in [-0.15, -0.1) is 0 Å². The van der Waals surface area contributed by atoms with E-state index >= 15 is 0 Å². The zero-order valence-corrected chi connectivity index (χ0v) is 19.8. The van der Waals surface area contributed by atoms with Crippen LogP contribution in [0.4, 0.5) is 14.5 Å². The summed E-state index contributed by atoms with van der Waals surface area (Å²) in [6.07, 6.45) is 3.15. The highest BCUT2D eigenvalue weighted by Gasteiger charge is 2.31. The van der Waals surface area contributed by atoms with Gasteiger partial charge in [0.15, 0.2) is 11.6 Å². The molecule has 1 aliphatic heterocycles. The van der Waals surface area contributed by atoms with Gasteiger partial charge in [0, 0.05) is 36.6 Å². The molecule has 1 aliphatic rings. The summed E-state index contributed by atoms with van der Waals surface area (Å²) in [4.78, 5) is 13.3. The van der Waals surface area contributed by atoms with Gasteiger partial charge in [0.2, 0.25) is 0 Å². The summed E-state index contributed by atoms with van der Waals surface area (Å²) in [5.41, 5.74) is 1.95. The third-order valence-electron chi connectivity index (χ3n) is 6.32. The van der Waals surface area contributed by atoms with Crippen molar-refractivity contribution < 1.29 is 17.8 Å². The largest absolute Gasteiger partial charge is 0.345 e. The number of anilines is 1. The van der Waals surface area contributed by atoms with Gasteiger partial charge in [0.05, 0.1) is 4.90 Å². The number of aromatic nitrogens is 1. The SMILES string of the molecule is Cn1cc2c(c1C(=O)Nc1ccc(F)c(F)c1)CC[C@H](Cc1ccc3ccccc3c1)NS2(=N)=O. The minimum atomic E-state index is -3.37. The lowest BCUT2D eigenvalue weighted by atomic mass is 9.98. The van der Waals surface area contributed by atoms with Crippen LogP contribution in [0.3, 0.4) is 0 Å². The first-order chi connectivity index (χ1) is 16.7. The second-order valence-electron chi connectivity index (χ2n) is 8.81. The zero-order valence-electron chi connectivity index (χ0n) is 19.0. The molecule has 0 aliphatic carbocycles. The summed E-state index contributed by atoms with van der Waals surface area (Å²) in [5.74, 6) is -2.61. The van der Waals surface area contributed by atoms with E-state index in [4.69, 9.17) is 4.78 Å². The molecule has 180 valence electrons. The van der Waals surface area contributed by atoms with Gasteiger partial charge in [-0.05, 0) is 47.7 Å². The van der Waals surface area contributed by atoms with Crippen molar-refractivity contribution in [1.29, 1.82) is 4.78 Å². The molecule has 5 rings (SSSR count). The monoisotopic (exact) mass is 494 g/mol. The fourth-order valence-electron chi connectivity index (χ4n) is 4.67. The van der Waals surface area contributed by atoms with Crippen LogP contribution >= 0.6 is 0 Å². The Bertz CT molecular complexity index is 1560. The molecule has 2 atom stereocenters. The molecule has 0 fully saturated rings. The van der Waals surface area contributed by atoms with Crippen LogP contribution in [0, 0.1) is 16.4 Å². The Morgan fingerprint density at radius 2 is 1.89 bits per heavy atom. The van der Waals surface area contributed by atoms with E-state index < -0.39 is 27.5 Å². The Hall–Kier alpha value is -3.56. The number of benzene rings is 3. The van der Waals surface area contributed by atoms with Crippen LogP contribution in [-0.2, 0) is 29.8 Å². The standard InChI is InChI=1S/C26H24F2N4O2S/c1-32-15-24-21(25(32)26(33)30-19-9-11-22(27)23(28)14-19)10-8-20(31-35(24,29)34)13-16-6-7-17-4-2-3-5-18(17)12-16/h2-7,9,11-12,14-15,20H,8,10,13H2,1H3,(H,30,33)(H2,29,31,34)/t20-,35?/m1/s1. The molecule has 1 amide bonds. The zero-order chi connectivity index (χ0) is 24.7. The number of hydrogen-bond donors (Lipinski definition) is 3. The molecular formula is C26H24F2N4O2S. The first-order valence-corrected chi connectivity index (χ1v) is 12.8. The van der Waals surface area contributed by atoms with Gasteiger partial charge in [0.25, 0.3) is 5.91 Å². The van der Waals surface area contributed by atoms with Gasteiger partial charge in [-0.25, -0.2) is 22.5 Å². The Morgan fingerprint density at radius 1 is 1.11 bits per heavy atom. The van der Waals surface area contributed by atoms with Crippen LogP contribution in [0.5, 0.6) is 0 Å². The second-order valence-corrected chi connectivity index (χ2v) is 10.6. The van der Waals surface area contributed by atoms with Gasteiger partial charge < -0.3 is 9.88 Å². The summed E-state index contributed by atoms with van der Waals surface area (Å²) in [5, 5.41) is 4.83. The van der Waals surface area contributed by atoms with Crippen molar-refractivity contribution in [2.75, 3.05) is 5.32 Å². The molecule has 4 aromatic rings. The second kappa shape index (κ2) is 8.90. The van der Waals surface area contributed by atoms with Crippen molar-refractivity contribution >= 4 is 32.3 Å². The molecule has 35 heavy (non-hydrogen) atoms. The van der Waals surface area contributed by atoms with E-state index in [9.17, 15) is 17.8 Å². The summed E-state index contributed by atoms with van der Waals surface area (Å²) in [7, 11) is -1.74. The molecular weight excluding hydrogens is 470 g/mol. The topological polar surface area (TPSA) is 87.0 Å². The van der Waals surface area contributed by atoms with Crippen molar-refractivity contribution in [3.63, 3.8) is 0 Å². The number of hydrogen-bond acceptors (Lipinski definition) is 3. The quantitative estimate of drug-likeness (QED) is 0.365. The molecule has 9 heteroatoms. The molecule has 2 heterocycles. The van der Waals surface area contributed by atoms with Gasteiger partial charge in [-0.3, -0.25) is 4.79 Å². The molecule has 0 saturated heterocycles. The molecule has 0 spiro atoms. The molecule has 1 aromatic heterocycles. The number of halogens is 2. The van der Waals surface area contributed by atoms with E-state index in [1.54, 1.807) is 7.05 Å². The predicted molar refractivity (Wildman–Crippen MR) is 132 cm³/mol. The van der Waals surface area contributed by atoms with E-state index in [2.05, 4.69) is 22.2 Å². The Labute approximate surface area is 202 Å². The number of carbonyl (C=O) groups is 1. The number of nitrogens with zero attached hydrogens (tertiary/aromatic N) is 1. The Morgan fingerprint density at radius 3 is 2.66 bits per heavy atom. The minimum absolute atomic E-state index is 0.108. The van der Waals surface area contributed by atoms with E-state index in [1.165, 1.54) is 16.8 Å².